The number of aliphatic hydroxyl groups is 1. The Bertz CT molecular complexity index is 460. The maximum atomic E-state index is 12.3. The van der Waals surface area contributed by atoms with E-state index in [4.69, 9.17) is 0 Å². The normalized spacial score (nSPS) is 18.4. The molecule has 1 N–H and O–H groups in total. The van der Waals surface area contributed by atoms with Gasteiger partial charge in [0.25, 0.3) is 5.91 Å². The van der Waals surface area contributed by atoms with Crippen molar-refractivity contribution < 1.29 is 9.90 Å². The molecule has 5 heteroatoms. The first-order valence-corrected chi connectivity index (χ1v) is 7.34. The topological polar surface area (TPSA) is 56.7 Å². The summed E-state index contributed by atoms with van der Waals surface area (Å²) in [6.07, 6.45) is 3.75. The molecule has 20 heavy (non-hydrogen) atoms. The van der Waals surface area contributed by atoms with Gasteiger partial charge in [0.2, 0.25) is 0 Å². The minimum atomic E-state index is -0.0309. The minimum absolute atomic E-state index is 0.0309. The summed E-state index contributed by atoms with van der Waals surface area (Å²) < 4.78 is 0. The summed E-state index contributed by atoms with van der Waals surface area (Å²) in [6.45, 7) is 6.38. The molecule has 1 aromatic heterocycles. The van der Waals surface area contributed by atoms with Crippen LogP contribution in [0.2, 0.25) is 0 Å². The van der Waals surface area contributed by atoms with Crippen LogP contribution in [0, 0.1) is 0 Å². The van der Waals surface area contributed by atoms with Gasteiger partial charge in [-0.15, -0.1) is 0 Å². The summed E-state index contributed by atoms with van der Waals surface area (Å²) in [4.78, 5) is 20.4. The second-order valence-corrected chi connectivity index (χ2v) is 5.05. The monoisotopic (exact) mass is 277 g/mol. The highest BCUT2D eigenvalue weighted by atomic mass is 16.3. The predicted octanol–water partition coefficient (Wildman–Crippen LogP) is 1.52. The van der Waals surface area contributed by atoms with Gasteiger partial charge >= 0.3 is 0 Å². The van der Waals surface area contributed by atoms with Crippen LogP contribution in [0.5, 0.6) is 0 Å². The van der Waals surface area contributed by atoms with Gasteiger partial charge in [-0.25, -0.2) is 0 Å². The quantitative estimate of drug-likeness (QED) is 0.886. The number of rotatable bonds is 5. The molecule has 0 spiro atoms. The van der Waals surface area contributed by atoms with Gasteiger partial charge < -0.3 is 14.9 Å². The Kier molecular flexibility index (Phi) is 4.95. The molecule has 1 unspecified atom stereocenters. The standard InChI is InChI=1S/C15H23N3O2/c1-3-17(4-2)15(20)14-10-12(7-8-16-14)18-9-5-6-13(18)11-19/h7-8,10,13,19H,3-6,9,11H2,1-2H3. The molecule has 110 valence electrons. The molecular formula is C15H23N3O2. The van der Waals surface area contributed by atoms with Crippen LogP contribution in [0.4, 0.5) is 5.69 Å². The molecule has 1 aliphatic rings. The largest absolute Gasteiger partial charge is 0.394 e. The van der Waals surface area contributed by atoms with Crippen LogP contribution >= 0.6 is 0 Å². The van der Waals surface area contributed by atoms with Crippen LogP contribution in [0.1, 0.15) is 37.2 Å². The lowest BCUT2D eigenvalue weighted by Gasteiger charge is -2.26. The highest BCUT2D eigenvalue weighted by Crippen LogP contribution is 2.25. The van der Waals surface area contributed by atoms with Crippen LogP contribution in [0.3, 0.4) is 0 Å². The maximum Gasteiger partial charge on any atom is 0.272 e. The third-order valence-electron chi connectivity index (χ3n) is 3.93. The SMILES string of the molecule is CCN(CC)C(=O)c1cc(N2CCCC2CO)ccn1. The molecule has 1 aromatic rings. The van der Waals surface area contributed by atoms with Crippen molar-refractivity contribution in [2.75, 3.05) is 31.1 Å². The van der Waals surface area contributed by atoms with E-state index in [1.165, 1.54) is 0 Å². The third kappa shape index (κ3) is 2.93. The molecule has 0 saturated carbocycles. The van der Waals surface area contributed by atoms with Gasteiger partial charge in [0.05, 0.1) is 12.6 Å². The maximum absolute atomic E-state index is 12.3. The fourth-order valence-corrected chi connectivity index (χ4v) is 2.75. The summed E-state index contributed by atoms with van der Waals surface area (Å²) in [6, 6.07) is 3.91. The zero-order valence-electron chi connectivity index (χ0n) is 12.2. The van der Waals surface area contributed by atoms with E-state index < -0.39 is 0 Å². The molecule has 2 heterocycles. The molecule has 1 amide bonds. The van der Waals surface area contributed by atoms with Gasteiger partial charge in [-0.1, -0.05) is 0 Å². The average Bonchev–Trinajstić information content (AvgIpc) is 2.97. The Hall–Kier alpha value is -1.62. The number of aliphatic hydroxyl groups excluding tert-OH is 1. The van der Waals surface area contributed by atoms with Gasteiger partial charge in [-0.2, -0.15) is 0 Å². The minimum Gasteiger partial charge on any atom is -0.394 e. The van der Waals surface area contributed by atoms with Crippen molar-refractivity contribution in [3.05, 3.63) is 24.0 Å². The Labute approximate surface area is 120 Å². The first kappa shape index (κ1) is 14.8. The number of pyridine rings is 1. The van der Waals surface area contributed by atoms with E-state index in [1.54, 1.807) is 11.1 Å². The fourth-order valence-electron chi connectivity index (χ4n) is 2.75. The molecule has 0 aromatic carbocycles. The number of carbonyl (C=O) groups excluding carboxylic acids is 1. The van der Waals surface area contributed by atoms with Crippen LogP contribution < -0.4 is 4.90 Å². The lowest BCUT2D eigenvalue weighted by Crippen LogP contribution is -2.33. The van der Waals surface area contributed by atoms with Crippen molar-refractivity contribution in [2.24, 2.45) is 0 Å². The number of aromatic nitrogens is 1. The second kappa shape index (κ2) is 6.70. The highest BCUT2D eigenvalue weighted by Gasteiger charge is 2.25. The zero-order valence-corrected chi connectivity index (χ0v) is 12.2. The van der Waals surface area contributed by atoms with Crippen molar-refractivity contribution in [2.45, 2.75) is 32.7 Å². The summed E-state index contributed by atoms with van der Waals surface area (Å²) >= 11 is 0. The Morgan fingerprint density at radius 1 is 1.50 bits per heavy atom. The molecule has 5 nitrogen and oxygen atoms in total. The van der Waals surface area contributed by atoms with E-state index in [0.717, 1.165) is 25.1 Å². The smallest absolute Gasteiger partial charge is 0.272 e. The molecular weight excluding hydrogens is 254 g/mol. The van der Waals surface area contributed by atoms with Crippen molar-refractivity contribution in [1.82, 2.24) is 9.88 Å². The number of carbonyl (C=O) groups is 1. The third-order valence-corrected chi connectivity index (χ3v) is 3.93. The summed E-state index contributed by atoms with van der Waals surface area (Å²) in [5, 5.41) is 9.41. The van der Waals surface area contributed by atoms with E-state index in [-0.39, 0.29) is 18.6 Å². The molecule has 0 aliphatic carbocycles. The molecule has 0 radical (unpaired) electrons. The fraction of sp³-hybridized carbons (Fsp3) is 0.600. The van der Waals surface area contributed by atoms with Gasteiger partial charge in [0.1, 0.15) is 5.69 Å². The molecule has 1 atom stereocenters. The van der Waals surface area contributed by atoms with E-state index >= 15 is 0 Å². The van der Waals surface area contributed by atoms with E-state index in [9.17, 15) is 9.90 Å². The molecule has 0 bridgehead atoms. The first-order valence-electron chi connectivity index (χ1n) is 7.34. The van der Waals surface area contributed by atoms with Crippen molar-refractivity contribution in [1.29, 1.82) is 0 Å². The number of amides is 1. The number of hydrogen-bond acceptors (Lipinski definition) is 4. The van der Waals surface area contributed by atoms with Crippen LogP contribution in [-0.2, 0) is 0 Å². The van der Waals surface area contributed by atoms with Crippen molar-refractivity contribution >= 4 is 11.6 Å². The number of hydrogen-bond donors (Lipinski definition) is 1. The number of anilines is 1. The average molecular weight is 277 g/mol. The van der Waals surface area contributed by atoms with E-state index in [1.807, 2.05) is 26.0 Å². The lowest BCUT2D eigenvalue weighted by atomic mass is 10.2. The first-order chi connectivity index (χ1) is 9.71. The number of nitrogens with zero attached hydrogens (tertiary/aromatic N) is 3. The second-order valence-electron chi connectivity index (χ2n) is 5.05. The van der Waals surface area contributed by atoms with E-state index in [2.05, 4.69) is 9.88 Å². The van der Waals surface area contributed by atoms with Gasteiger partial charge in [-0.3, -0.25) is 9.78 Å². The van der Waals surface area contributed by atoms with Crippen LogP contribution in [-0.4, -0.2) is 53.2 Å². The molecule has 1 fully saturated rings. The molecule has 1 saturated heterocycles. The predicted molar refractivity (Wildman–Crippen MR) is 78.9 cm³/mol. The van der Waals surface area contributed by atoms with Crippen molar-refractivity contribution in [3.63, 3.8) is 0 Å². The highest BCUT2D eigenvalue weighted by molar-refractivity contribution is 5.93. The van der Waals surface area contributed by atoms with Crippen LogP contribution in [0.25, 0.3) is 0 Å². The summed E-state index contributed by atoms with van der Waals surface area (Å²) in [5.41, 5.74) is 1.46. The van der Waals surface area contributed by atoms with Gasteiger partial charge in [0, 0.05) is 31.5 Å². The Morgan fingerprint density at radius 3 is 2.90 bits per heavy atom. The zero-order chi connectivity index (χ0) is 14.5. The Balaban J connectivity index is 2.21. The van der Waals surface area contributed by atoms with Crippen molar-refractivity contribution in [3.8, 4) is 0 Å². The lowest BCUT2D eigenvalue weighted by molar-refractivity contribution is 0.0767. The summed E-state index contributed by atoms with van der Waals surface area (Å²) in [7, 11) is 0. The van der Waals surface area contributed by atoms with E-state index in [0.29, 0.717) is 18.8 Å². The van der Waals surface area contributed by atoms with Gasteiger partial charge in [-0.05, 0) is 38.8 Å². The van der Waals surface area contributed by atoms with Gasteiger partial charge in [0.15, 0.2) is 0 Å². The van der Waals surface area contributed by atoms with Crippen LogP contribution in [0.15, 0.2) is 18.3 Å². The molecule has 1 aliphatic heterocycles. The summed E-state index contributed by atoms with van der Waals surface area (Å²) in [5.74, 6) is -0.0309. The Morgan fingerprint density at radius 2 is 2.25 bits per heavy atom. The molecule has 2 rings (SSSR count).